The smallest absolute Gasteiger partial charge is 0.259 e. The molecule has 0 spiro atoms. The second-order valence-corrected chi connectivity index (χ2v) is 1.91. The first-order valence-electron chi connectivity index (χ1n) is 2.67. The van der Waals surface area contributed by atoms with Gasteiger partial charge in [-0.2, -0.15) is 5.26 Å². The van der Waals surface area contributed by atoms with Crippen molar-refractivity contribution in [3.63, 3.8) is 0 Å². The van der Waals surface area contributed by atoms with Gasteiger partial charge in [0.15, 0.2) is 6.19 Å². The Bertz CT molecular complexity index is 202. The van der Waals surface area contributed by atoms with Crippen molar-refractivity contribution in [2.24, 2.45) is 0 Å². The Labute approximate surface area is 53.2 Å². The van der Waals surface area contributed by atoms with Crippen LogP contribution < -0.4 is 0 Å². The summed E-state index contributed by atoms with van der Waals surface area (Å²) in [6, 6.07) is -0.0532. The van der Waals surface area contributed by atoms with Gasteiger partial charge in [-0.3, -0.25) is 4.79 Å². The highest BCUT2D eigenvalue weighted by Crippen LogP contribution is 2.07. The molecule has 1 unspecified atom stereocenters. The number of hydrogen-bond donors (Lipinski definition) is 0. The van der Waals surface area contributed by atoms with E-state index in [0.717, 1.165) is 4.90 Å². The second kappa shape index (κ2) is 1.90. The minimum absolute atomic E-state index is 0.0532. The molecule has 1 aliphatic heterocycles. The zero-order valence-corrected chi connectivity index (χ0v) is 5.03. The predicted octanol–water partition coefficient (Wildman–Crippen LogP) is 0.254. The highest BCUT2D eigenvalue weighted by Gasteiger charge is 2.20. The van der Waals surface area contributed by atoms with E-state index in [1.165, 1.54) is 6.08 Å². The molecule has 1 atom stereocenters. The molecule has 1 rings (SSSR count). The minimum atomic E-state index is -0.218. The standard InChI is InChI=1S/C6H6N2O/c1-5-2-3-6(9)8(5)4-7/h2-3,5H,1H3. The van der Waals surface area contributed by atoms with Crippen molar-refractivity contribution < 1.29 is 4.79 Å². The summed E-state index contributed by atoms with van der Waals surface area (Å²) in [4.78, 5) is 11.8. The van der Waals surface area contributed by atoms with Crippen LogP contribution in [0, 0.1) is 11.5 Å². The summed E-state index contributed by atoms with van der Waals surface area (Å²) in [7, 11) is 0. The Kier molecular flexibility index (Phi) is 1.23. The molecule has 0 aliphatic carbocycles. The molecule has 0 bridgehead atoms. The largest absolute Gasteiger partial charge is 0.269 e. The van der Waals surface area contributed by atoms with E-state index in [4.69, 9.17) is 5.26 Å². The molecular formula is C6H6N2O. The van der Waals surface area contributed by atoms with Gasteiger partial charge in [0, 0.05) is 6.08 Å². The number of carbonyl (C=O) groups is 1. The molecular weight excluding hydrogens is 116 g/mol. The third-order valence-corrected chi connectivity index (χ3v) is 1.27. The van der Waals surface area contributed by atoms with Gasteiger partial charge < -0.3 is 0 Å². The fourth-order valence-corrected chi connectivity index (χ4v) is 0.729. The van der Waals surface area contributed by atoms with Crippen LogP contribution in [0.1, 0.15) is 6.92 Å². The van der Waals surface area contributed by atoms with Gasteiger partial charge in [-0.05, 0) is 6.92 Å². The summed E-state index contributed by atoms with van der Waals surface area (Å²) in [5.74, 6) is -0.218. The van der Waals surface area contributed by atoms with Crippen LogP contribution in [0.5, 0.6) is 0 Å². The zero-order valence-electron chi connectivity index (χ0n) is 5.03. The molecule has 0 aromatic rings. The van der Waals surface area contributed by atoms with E-state index in [0.29, 0.717) is 0 Å². The van der Waals surface area contributed by atoms with Gasteiger partial charge in [-0.1, -0.05) is 6.08 Å². The van der Waals surface area contributed by atoms with E-state index >= 15 is 0 Å². The van der Waals surface area contributed by atoms with Crippen molar-refractivity contribution in [1.82, 2.24) is 4.90 Å². The first-order valence-corrected chi connectivity index (χ1v) is 2.67. The van der Waals surface area contributed by atoms with Gasteiger partial charge in [-0.25, -0.2) is 4.90 Å². The lowest BCUT2D eigenvalue weighted by Gasteiger charge is -2.08. The Morgan fingerprint density at radius 3 is 2.78 bits per heavy atom. The molecule has 1 amide bonds. The van der Waals surface area contributed by atoms with E-state index in [1.54, 1.807) is 19.2 Å². The maximum atomic E-state index is 10.6. The van der Waals surface area contributed by atoms with Crippen LogP contribution in [-0.4, -0.2) is 16.8 Å². The molecule has 0 fully saturated rings. The van der Waals surface area contributed by atoms with Crippen molar-refractivity contribution in [3.8, 4) is 6.19 Å². The van der Waals surface area contributed by atoms with Crippen LogP contribution in [0.15, 0.2) is 12.2 Å². The summed E-state index contributed by atoms with van der Waals surface area (Å²) >= 11 is 0. The topological polar surface area (TPSA) is 44.1 Å². The first kappa shape index (κ1) is 5.83. The van der Waals surface area contributed by atoms with E-state index in [2.05, 4.69) is 0 Å². The molecule has 3 nitrogen and oxygen atoms in total. The second-order valence-electron chi connectivity index (χ2n) is 1.91. The maximum absolute atomic E-state index is 10.6. The Morgan fingerprint density at radius 1 is 1.89 bits per heavy atom. The number of nitriles is 1. The summed E-state index contributed by atoms with van der Waals surface area (Å²) in [6.07, 6.45) is 4.90. The van der Waals surface area contributed by atoms with E-state index in [1.807, 2.05) is 0 Å². The van der Waals surface area contributed by atoms with Crippen molar-refractivity contribution in [3.05, 3.63) is 12.2 Å². The van der Waals surface area contributed by atoms with E-state index in [9.17, 15) is 4.79 Å². The maximum Gasteiger partial charge on any atom is 0.259 e. The molecule has 1 aliphatic rings. The lowest BCUT2D eigenvalue weighted by atomic mass is 10.3. The molecule has 3 heteroatoms. The van der Waals surface area contributed by atoms with Crippen molar-refractivity contribution in [2.75, 3.05) is 0 Å². The molecule has 1 heterocycles. The molecule has 0 aromatic heterocycles. The van der Waals surface area contributed by atoms with Gasteiger partial charge >= 0.3 is 0 Å². The lowest BCUT2D eigenvalue weighted by molar-refractivity contribution is -0.122. The molecule has 9 heavy (non-hydrogen) atoms. The summed E-state index contributed by atoms with van der Waals surface area (Å²) < 4.78 is 0. The lowest BCUT2D eigenvalue weighted by Crippen LogP contribution is -2.26. The van der Waals surface area contributed by atoms with Crippen LogP contribution in [0.2, 0.25) is 0 Å². The van der Waals surface area contributed by atoms with Gasteiger partial charge in [0.25, 0.3) is 5.91 Å². The highest BCUT2D eigenvalue weighted by atomic mass is 16.2. The average molecular weight is 122 g/mol. The number of rotatable bonds is 0. The van der Waals surface area contributed by atoms with Crippen LogP contribution >= 0.6 is 0 Å². The summed E-state index contributed by atoms with van der Waals surface area (Å²) in [6.45, 7) is 1.80. The van der Waals surface area contributed by atoms with Crippen molar-refractivity contribution in [1.29, 1.82) is 5.26 Å². The summed E-state index contributed by atoms with van der Waals surface area (Å²) in [5, 5.41) is 8.32. The SMILES string of the molecule is CC1C=CC(=O)N1C#N. The molecule has 0 saturated carbocycles. The van der Waals surface area contributed by atoms with Gasteiger partial charge in [0.2, 0.25) is 0 Å². The third-order valence-electron chi connectivity index (χ3n) is 1.27. The van der Waals surface area contributed by atoms with Gasteiger partial charge in [0.1, 0.15) is 0 Å². The van der Waals surface area contributed by atoms with Crippen LogP contribution in [0.3, 0.4) is 0 Å². The molecule has 46 valence electrons. The Balaban J connectivity index is 2.78. The molecule has 0 N–H and O–H groups in total. The Morgan fingerprint density at radius 2 is 2.56 bits per heavy atom. The number of nitrogens with zero attached hydrogens (tertiary/aromatic N) is 2. The average Bonchev–Trinajstić information content (AvgIpc) is 2.12. The zero-order chi connectivity index (χ0) is 6.85. The van der Waals surface area contributed by atoms with Crippen LogP contribution in [-0.2, 0) is 4.79 Å². The number of carbonyl (C=O) groups excluding carboxylic acids is 1. The predicted molar refractivity (Wildman–Crippen MR) is 31.1 cm³/mol. The summed E-state index contributed by atoms with van der Waals surface area (Å²) in [5.41, 5.74) is 0. The quantitative estimate of drug-likeness (QED) is 0.432. The van der Waals surface area contributed by atoms with E-state index < -0.39 is 0 Å². The molecule has 0 radical (unpaired) electrons. The fourth-order valence-electron chi connectivity index (χ4n) is 0.729. The van der Waals surface area contributed by atoms with Gasteiger partial charge in [-0.15, -0.1) is 0 Å². The number of amides is 1. The van der Waals surface area contributed by atoms with Crippen LogP contribution in [0.4, 0.5) is 0 Å². The Hall–Kier alpha value is -1.30. The third kappa shape index (κ3) is 0.789. The number of hydrogen-bond acceptors (Lipinski definition) is 2. The van der Waals surface area contributed by atoms with Crippen LogP contribution in [0.25, 0.3) is 0 Å². The molecule has 0 aromatic carbocycles. The van der Waals surface area contributed by atoms with Gasteiger partial charge in [0.05, 0.1) is 6.04 Å². The highest BCUT2D eigenvalue weighted by molar-refractivity contribution is 5.91. The normalized spacial score (nSPS) is 24.7. The van der Waals surface area contributed by atoms with Crippen molar-refractivity contribution >= 4 is 5.91 Å². The monoisotopic (exact) mass is 122 g/mol. The first-order chi connectivity index (χ1) is 4.25. The fraction of sp³-hybridized carbons (Fsp3) is 0.333. The molecule has 0 saturated heterocycles. The van der Waals surface area contributed by atoms with Crippen molar-refractivity contribution in [2.45, 2.75) is 13.0 Å². The minimum Gasteiger partial charge on any atom is -0.269 e. The van der Waals surface area contributed by atoms with E-state index in [-0.39, 0.29) is 11.9 Å².